The maximum absolute atomic E-state index is 6.25. The van der Waals surface area contributed by atoms with Crippen LogP contribution in [0.1, 0.15) is 29.8 Å². The summed E-state index contributed by atoms with van der Waals surface area (Å²) >= 11 is 1.85. The molecule has 1 aliphatic heterocycles. The summed E-state index contributed by atoms with van der Waals surface area (Å²) in [6.45, 7) is 6.62. The van der Waals surface area contributed by atoms with Crippen molar-refractivity contribution >= 4 is 11.3 Å². The zero-order valence-electron chi connectivity index (χ0n) is 11.9. The minimum Gasteiger partial charge on any atom is -0.326 e. The van der Waals surface area contributed by atoms with Crippen molar-refractivity contribution in [2.75, 3.05) is 27.2 Å². The summed E-state index contributed by atoms with van der Waals surface area (Å²) in [6.07, 6.45) is 1.25. The van der Waals surface area contributed by atoms with Crippen LogP contribution in [0.3, 0.4) is 0 Å². The van der Waals surface area contributed by atoms with Gasteiger partial charge in [-0.1, -0.05) is 0 Å². The number of thiophene rings is 1. The van der Waals surface area contributed by atoms with E-state index in [0.29, 0.717) is 12.1 Å². The zero-order chi connectivity index (χ0) is 13.3. The van der Waals surface area contributed by atoms with Crippen LogP contribution in [0.2, 0.25) is 0 Å². The second-order valence-corrected chi connectivity index (χ2v) is 6.62. The van der Waals surface area contributed by atoms with E-state index in [1.807, 2.05) is 11.3 Å². The molecule has 0 bridgehead atoms. The van der Waals surface area contributed by atoms with Crippen molar-refractivity contribution in [2.45, 2.75) is 38.4 Å². The van der Waals surface area contributed by atoms with Crippen LogP contribution in [0.25, 0.3) is 0 Å². The molecule has 2 N–H and O–H groups in total. The number of likely N-dealkylation sites (N-methyl/N-ethyl adjacent to an activating group) is 1. The van der Waals surface area contributed by atoms with Gasteiger partial charge in [-0.2, -0.15) is 0 Å². The van der Waals surface area contributed by atoms with E-state index in [2.05, 4.69) is 49.2 Å². The molecule has 2 rings (SSSR count). The summed E-state index contributed by atoms with van der Waals surface area (Å²) in [7, 11) is 4.34. The Morgan fingerprint density at radius 2 is 2.22 bits per heavy atom. The molecule has 1 aromatic heterocycles. The highest BCUT2D eigenvalue weighted by Crippen LogP contribution is 2.33. The van der Waals surface area contributed by atoms with E-state index in [9.17, 15) is 0 Å². The van der Waals surface area contributed by atoms with Gasteiger partial charge in [0.1, 0.15) is 0 Å². The maximum atomic E-state index is 6.25. The van der Waals surface area contributed by atoms with Gasteiger partial charge in [0.2, 0.25) is 0 Å². The van der Waals surface area contributed by atoms with Crippen LogP contribution in [0, 0.1) is 6.92 Å². The Morgan fingerprint density at radius 1 is 1.50 bits per heavy atom. The van der Waals surface area contributed by atoms with Gasteiger partial charge in [0.15, 0.2) is 0 Å². The molecule has 0 spiro atoms. The molecule has 3 unspecified atom stereocenters. The van der Waals surface area contributed by atoms with E-state index in [-0.39, 0.29) is 6.04 Å². The Hall–Kier alpha value is -0.420. The normalized spacial score (nSPS) is 24.7. The zero-order valence-corrected chi connectivity index (χ0v) is 12.7. The average molecular weight is 267 g/mol. The minimum atomic E-state index is 0.184. The number of likely N-dealkylation sites (tertiary alicyclic amines) is 1. The molecule has 2 heterocycles. The summed E-state index contributed by atoms with van der Waals surface area (Å²) in [6, 6.07) is 3.44. The van der Waals surface area contributed by atoms with Crippen LogP contribution in [0.15, 0.2) is 11.4 Å². The fourth-order valence-corrected chi connectivity index (χ4v) is 4.04. The highest BCUT2D eigenvalue weighted by Gasteiger charge is 2.33. The number of nitrogens with zero attached hydrogens (tertiary/aromatic N) is 2. The smallest absolute Gasteiger partial charge is 0.0593 e. The summed E-state index contributed by atoms with van der Waals surface area (Å²) < 4.78 is 0. The van der Waals surface area contributed by atoms with Crippen LogP contribution in [0.5, 0.6) is 0 Å². The Bertz CT molecular complexity index is 386. The first kappa shape index (κ1) is 14.0. The van der Waals surface area contributed by atoms with Gasteiger partial charge in [-0.3, -0.25) is 4.90 Å². The number of hydrogen-bond acceptors (Lipinski definition) is 4. The largest absolute Gasteiger partial charge is 0.326 e. The maximum Gasteiger partial charge on any atom is 0.0593 e. The van der Waals surface area contributed by atoms with E-state index in [0.717, 1.165) is 13.1 Å². The van der Waals surface area contributed by atoms with Crippen molar-refractivity contribution < 1.29 is 0 Å². The Balaban J connectivity index is 2.15. The first-order valence-electron chi connectivity index (χ1n) is 6.70. The van der Waals surface area contributed by atoms with Gasteiger partial charge >= 0.3 is 0 Å². The minimum absolute atomic E-state index is 0.184. The van der Waals surface area contributed by atoms with Crippen LogP contribution < -0.4 is 5.73 Å². The quantitative estimate of drug-likeness (QED) is 0.906. The van der Waals surface area contributed by atoms with E-state index in [1.54, 1.807) is 0 Å². The van der Waals surface area contributed by atoms with Crippen molar-refractivity contribution in [3.8, 4) is 0 Å². The van der Waals surface area contributed by atoms with E-state index < -0.39 is 0 Å². The lowest BCUT2D eigenvalue weighted by molar-refractivity contribution is 0.199. The monoisotopic (exact) mass is 267 g/mol. The molecule has 1 saturated heterocycles. The Morgan fingerprint density at radius 3 is 2.67 bits per heavy atom. The number of rotatable bonds is 4. The predicted octanol–water partition coefficient (Wildman–Crippen LogP) is 2.08. The molecule has 1 aromatic rings. The van der Waals surface area contributed by atoms with Crippen LogP contribution in [0.4, 0.5) is 0 Å². The average Bonchev–Trinajstić information content (AvgIpc) is 2.89. The summed E-state index contributed by atoms with van der Waals surface area (Å²) in [5.41, 5.74) is 7.63. The van der Waals surface area contributed by atoms with Gasteiger partial charge in [-0.25, -0.2) is 0 Å². The van der Waals surface area contributed by atoms with Crippen LogP contribution >= 0.6 is 11.3 Å². The van der Waals surface area contributed by atoms with E-state index in [1.165, 1.54) is 16.9 Å². The third kappa shape index (κ3) is 2.77. The first-order valence-corrected chi connectivity index (χ1v) is 7.58. The van der Waals surface area contributed by atoms with Gasteiger partial charge < -0.3 is 10.6 Å². The van der Waals surface area contributed by atoms with Gasteiger partial charge in [0.05, 0.1) is 6.04 Å². The van der Waals surface area contributed by atoms with Gasteiger partial charge in [0, 0.05) is 30.1 Å². The lowest BCUT2D eigenvalue weighted by atomic mass is 10.0. The topological polar surface area (TPSA) is 32.5 Å². The van der Waals surface area contributed by atoms with E-state index in [4.69, 9.17) is 5.73 Å². The molecule has 0 saturated carbocycles. The molecule has 18 heavy (non-hydrogen) atoms. The SMILES string of the molecule is Cc1ccsc1C(C(C)N)N1CCC(N(C)C)C1. The fraction of sp³-hybridized carbons (Fsp3) is 0.714. The van der Waals surface area contributed by atoms with Crippen molar-refractivity contribution in [3.05, 3.63) is 21.9 Å². The second-order valence-electron chi connectivity index (χ2n) is 5.67. The molecular formula is C14H25N3S. The molecule has 0 amide bonds. The summed E-state index contributed by atoms with van der Waals surface area (Å²) in [5.74, 6) is 0. The van der Waals surface area contributed by atoms with Crippen LogP contribution in [-0.4, -0.2) is 49.1 Å². The van der Waals surface area contributed by atoms with Gasteiger partial charge in [-0.05, 0) is 51.4 Å². The van der Waals surface area contributed by atoms with Crippen molar-refractivity contribution in [3.63, 3.8) is 0 Å². The van der Waals surface area contributed by atoms with Crippen molar-refractivity contribution in [1.82, 2.24) is 9.80 Å². The third-order valence-corrected chi connectivity index (χ3v) is 5.08. The Labute approximate surface area is 115 Å². The molecule has 4 heteroatoms. The van der Waals surface area contributed by atoms with Crippen molar-refractivity contribution in [1.29, 1.82) is 0 Å². The molecular weight excluding hydrogens is 242 g/mol. The molecule has 1 aliphatic rings. The highest BCUT2D eigenvalue weighted by molar-refractivity contribution is 7.10. The van der Waals surface area contributed by atoms with Crippen molar-refractivity contribution in [2.24, 2.45) is 5.73 Å². The molecule has 102 valence electrons. The molecule has 3 atom stereocenters. The molecule has 0 aromatic carbocycles. The summed E-state index contributed by atoms with van der Waals surface area (Å²) in [4.78, 5) is 6.35. The standard InChI is InChI=1S/C14H25N3S/c1-10-6-8-18-14(10)13(11(2)15)17-7-5-12(9-17)16(3)4/h6,8,11-13H,5,7,9,15H2,1-4H3. The highest BCUT2D eigenvalue weighted by atomic mass is 32.1. The number of nitrogens with two attached hydrogens (primary N) is 1. The predicted molar refractivity (Wildman–Crippen MR) is 79.1 cm³/mol. The molecule has 0 radical (unpaired) electrons. The molecule has 0 aliphatic carbocycles. The van der Waals surface area contributed by atoms with Crippen LogP contribution in [-0.2, 0) is 0 Å². The molecule has 1 fully saturated rings. The molecule has 3 nitrogen and oxygen atoms in total. The first-order chi connectivity index (χ1) is 8.50. The van der Waals surface area contributed by atoms with Gasteiger partial charge in [-0.15, -0.1) is 11.3 Å². The third-order valence-electron chi connectivity index (χ3n) is 3.99. The number of hydrogen-bond donors (Lipinski definition) is 1. The lowest BCUT2D eigenvalue weighted by Crippen LogP contribution is -2.40. The second kappa shape index (κ2) is 5.70. The Kier molecular flexibility index (Phi) is 4.43. The van der Waals surface area contributed by atoms with Gasteiger partial charge in [0.25, 0.3) is 0 Å². The fourth-order valence-electron chi connectivity index (χ4n) is 2.87. The summed E-state index contributed by atoms with van der Waals surface area (Å²) in [5, 5.41) is 2.18. The van der Waals surface area contributed by atoms with E-state index >= 15 is 0 Å². The number of aryl methyl sites for hydroxylation is 1. The lowest BCUT2D eigenvalue weighted by Gasteiger charge is -2.31.